The first-order valence-corrected chi connectivity index (χ1v) is 8.37. The van der Waals surface area contributed by atoms with Gasteiger partial charge in [0.25, 0.3) is 0 Å². The largest absolute Gasteiger partial charge is 0.215 e. The molecule has 1 aliphatic rings. The molecule has 0 bridgehead atoms. The van der Waals surface area contributed by atoms with Gasteiger partial charge in [0.1, 0.15) is 0 Å². The topological polar surface area (TPSA) is 46.2 Å². The molecular formula is C12H24ClNO2S. The van der Waals surface area contributed by atoms with Crippen molar-refractivity contribution < 1.29 is 8.42 Å². The van der Waals surface area contributed by atoms with E-state index in [4.69, 9.17) is 11.6 Å². The van der Waals surface area contributed by atoms with Gasteiger partial charge in [-0.25, -0.2) is 13.1 Å². The third-order valence-corrected chi connectivity index (χ3v) is 6.32. The Bertz CT molecular complexity index is 349. The van der Waals surface area contributed by atoms with Crippen LogP contribution in [-0.4, -0.2) is 26.6 Å². The van der Waals surface area contributed by atoms with Gasteiger partial charge in [0.15, 0.2) is 0 Å². The summed E-state index contributed by atoms with van der Waals surface area (Å²) in [6.07, 6.45) is 1.39. The van der Waals surface area contributed by atoms with Gasteiger partial charge in [0.2, 0.25) is 10.0 Å². The van der Waals surface area contributed by atoms with Crippen molar-refractivity contribution in [1.82, 2.24) is 4.72 Å². The first kappa shape index (κ1) is 15.3. The van der Waals surface area contributed by atoms with Crippen molar-refractivity contribution in [2.24, 2.45) is 16.7 Å². The molecule has 3 nitrogen and oxygen atoms in total. The van der Waals surface area contributed by atoms with Crippen LogP contribution in [0.1, 0.15) is 40.5 Å². The molecule has 0 aromatic carbocycles. The molecule has 0 spiro atoms. The third-order valence-electron chi connectivity index (χ3n) is 4.62. The van der Waals surface area contributed by atoms with Gasteiger partial charge in [-0.2, -0.15) is 0 Å². The van der Waals surface area contributed by atoms with Crippen LogP contribution >= 0.6 is 11.6 Å². The standard InChI is InChI=1S/C12H24ClNO2S/c1-11(2)10(12(11,3)4)9-14-17(15,16)8-6-5-7-13/h10,14H,5-9H2,1-4H3. The Morgan fingerprint density at radius 2 is 1.65 bits per heavy atom. The monoisotopic (exact) mass is 281 g/mol. The minimum atomic E-state index is -3.12. The second kappa shape index (κ2) is 5.06. The van der Waals surface area contributed by atoms with Crippen molar-refractivity contribution >= 4 is 21.6 Å². The minimum absolute atomic E-state index is 0.188. The summed E-state index contributed by atoms with van der Waals surface area (Å²) in [4.78, 5) is 0. The summed E-state index contributed by atoms with van der Waals surface area (Å²) in [5.74, 6) is 1.14. The van der Waals surface area contributed by atoms with Crippen molar-refractivity contribution in [3.63, 3.8) is 0 Å². The molecule has 1 rings (SSSR count). The number of sulfonamides is 1. The van der Waals surface area contributed by atoms with E-state index in [-0.39, 0.29) is 16.6 Å². The lowest BCUT2D eigenvalue weighted by Crippen LogP contribution is -2.29. The van der Waals surface area contributed by atoms with Gasteiger partial charge in [0.05, 0.1) is 5.75 Å². The number of hydrogen-bond donors (Lipinski definition) is 1. The van der Waals surface area contributed by atoms with Crippen molar-refractivity contribution in [2.45, 2.75) is 40.5 Å². The highest BCUT2D eigenvalue weighted by Crippen LogP contribution is 2.67. The van der Waals surface area contributed by atoms with E-state index in [1.54, 1.807) is 0 Å². The van der Waals surface area contributed by atoms with Crippen molar-refractivity contribution in [2.75, 3.05) is 18.2 Å². The first-order valence-electron chi connectivity index (χ1n) is 6.18. The van der Waals surface area contributed by atoms with E-state index in [9.17, 15) is 8.42 Å². The second-order valence-electron chi connectivity index (χ2n) is 6.06. The van der Waals surface area contributed by atoms with E-state index < -0.39 is 10.0 Å². The fourth-order valence-corrected chi connectivity index (χ4v) is 3.85. The van der Waals surface area contributed by atoms with Gasteiger partial charge in [-0.3, -0.25) is 0 Å². The molecule has 0 radical (unpaired) electrons. The quantitative estimate of drug-likeness (QED) is 0.576. The molecule has 0 atom stereocenters. The Morgan fingerprint density at radius 3 is 2.06 bits per heavy atom. The van der Waals surface area contributed by atoms with E-state index in [1.807, 2.05) is 0 Å². The molecule has 0 unspecified atom stereocenters. The Hall–Kier alpha value is 0.200. The van der Waals surface area contributed by atoms with Gasteiger partial charge in [-0.05, 0) is 29.6 Å². The van der Waals surface area contributed by atoms with E-state index in [1.165, 1.54) is 0 Å². The summed E-state index contributed by atoms with van der Waals surface area (Å²) < 4.78 is 26.1. The Labute approximate surface area is 110 Å². The summed E-state index contributed by atoms with van der Waals surface area (Å²) in [5.41, 5.74) is 0.456. The smallest absolute Gasteiger partial charge is 0.211 e. The summed E-state index contributed by atoms with van der Waals surface area (Å²) in [6, 6.07) is 0. The molecule has 0 aliphatic heterocycles. The van der Waals surface area contributed by atoms with Crippen LogP contribution in [0.2, 0.25) is 0 Å². The lowest BCUT2D eigenvalue weighted by Gasteiger charge is -2.07. The predicted molar refractivity (Wildman–Crippen MR) is 72.8 cm³/mol. The number of alkyl halides is 1. The molecule has 1 aliphatic carbocycles. The van der Waals surface area contributed by atoms with Crippen LogP contribution in [0.25, 0.3) is 0 Å². The molecular weight excluding hydrogens is 258 g/mol. The molecule has 0 saturated heterocycles. The van der Waals surface area contributed by atoms with Crippen LogP contribution < -0.4 is 4.72 Å². The fraction of sp³-hybridized carbons (Fsp3) is 1.00. The molecule has 102 valence electrons. The molecule has 1 saturated carbocycles. The zero-order chi connectivity index (χ0) is 13.3. The molecule has 0 amide bonds. The molecule has 0 aromatic rings. The van der Waals surface area contributed by atoms with Crippen molar-refractivity contribution in [3.05, 3.63) is 0 Å². The van der Waals surface area contributed by atoms with E-state index in [0.29, 0.717) is 24.8 Å². The van der Waals surface area contributed by atoms with Gasteiger partial charge >= 0.3 is 0 Å². The highest BCUT2D eigenvalue weighted by Gasteiger charge is 2.64. The number of hydrogen-bond acceptors (Lipinski definition) is 2. The average Bonchev–Trinajstić information content (AvgIpc) is 2.55. The third kappa shape index (κ3) is 3.36. The molecule has 1 fully saturated rings. The molecule has 1 N–H and O–H groups in total. The van der Waals surface area contributed by atoms with Crippen LogP contribution in [0.4, 0.5) is 0 Å². The number of rotatable bonds is 7. The number of nitrogens with one attached hydrogen (secondary N) is 1. The van der Waals surface area contributed by atoms with Crippen LogP contribution in [0.5, 0.6) is 0 Å². The van der Waals surface area contributed by atoms with Gasteiger partial charge in [0, 0.05) is 12.4 Å². The average molecular weight is 282 g/mol. The highest BCUT2D eigenvalue weighted by atomic mass is 35.5. The summed E-state index contributed by atoms with van der Waals surface area (Å²) in [5, 5.41) is 0. The first-order chi connectivity index (χ1) is 7.65. The lowest BCUT2D eigenvalue weighted by atomic mass is 10.0. The van der Waals surface area contributed by atoms with Gasteiger partial charge in [-0.15, -0.1) is 11.6 Å². The summed E-state index contributed by atoms with van der Waals surface area (Å²) in [7, 11) is -3.12. The highest BCUT2D eigenvalue weighted by molar-refractivity contribution is 7.89. The summed E-state index contributed by atoms with van der Waals surface area (Å²) in [6.45, 7) is 9.33. The van der Waals surface area contributed by atoms with Crippen LogP contribution in [0.3, 0.4) is 0 Å². The van der Waals surface area contributed by atoms with Crippen LogP contribution in [0.15, 0.2) is 0 Å². The van der Waals surface area contributed by atoms with Crippen LogP contribution in [-0.2, 0) is 10.0 Å². The fourth-order valence-electron chi connectivity index (χ4n) is 2.51. The number of halogens is 1. The van der Waals surface area contributed by atoms with E-state index in [2.05, 4.69) is 32.4 Å². The Kier molecular flexibility index (Phi) is 4.54. The van der Waals surface area contributed by atoms with E-state index >= 15 is 0 Å². The second-order valence-corrected chi connectivity index (χ2v) is 8.36. The SMILES string of the molecule is CC1(C)C(CNS(=O)(=O)CCCCCl)C1(C)C. The zero-order valence-electron chi connectivity index (χ0n) is 11.2. The molecule has 5 heteroatoms. The minimum Gasteiger partial charge on any atom is -0.215 e. The number of unbranched alkanes of at least 4 members (excludes halogenated alkanes) is 1. The predicted octanol–water partition coefficient (Wildman–Crippen LogP) is 2.61. The Morgan fingerprint density at radius 1 is 1.12 bits per heavy atom. The van der Waals surface area contributed by atoms with Gasteiger partial charge < -0.3 is 0 Å². The Balaban J connectivity index is 2.37. The molecule has 17 heavy (non-hydrogen) atoms. The van der Waals surface area contributed by atoms with Crippen molar-refractivity contribution in [3.8, 4) is 0 Å². The lowest BCUT2D eigenvalue weighted by molar-refractivity contribution is 0.457. The molecule has 0 heterocycles. The van der Waals surface area contributed by atoms with Crippen LogP contribution in [0, 0.1) is 16.7 Å². The molecule has 0 aromatic heterocycles. The summed E-state index contributed by atoms with van der Waals surface area (Å²) >= 11 is 5.53. The maximum Gasteiger partial charge on any atom is 0.211 e. The zero-order valence-corrected chi connectivity index (χ0v) is 12.8. The maximum absolute atomic E-state index is 11.7. The van der Waals surface area contributed by atoms with E-state index in [0.717, 1.165) is 6.42 Å². The maximum atomic E-state index is 11.7. The van der Waals surface area contributed by atoms with Crippen molar-refractivity contribution in [1.29, 1.82) is 0 Å². The normalized spacial score (nSPS) is 22.6. The van der Waals surface area contributed by atoms with Gasteiger partial charge in [-0.1, -0.05) is 27.7 Å².